The number of unbranched alkanes of at least 4 members (excludes halogenated alkanes) is 6. The van der Waals surface area contributed by atoms with Gasteiger partial charge in [0.25, 0.3) is 0 Å². The Bertz CT molecular complexity index is 2980. The van der Waals surface area contributed by atoms with Crippen LogP contribution in [0.3, 0.4) is 0 Å². The van der Waals surface area contributed by atoms with E-state index in [4.69, 9.17) is 62.6 Å². The fraction of sp³-hybridized carbons (Fsp3) is 0.412. The Balaban J connectivity index is 0.736. The number of carbonyl (C=O) groups is 6. The molecular formula is C68H78O20. The van der Waals surface area contributed by atoms with Crippen LogP contribution >= 0.6 is 0 Å². The zero-order chi connectivity index (χ0) is 62.1. The summed E-state index contributed by atoms with van der Waals surface area (Å²) in [5.41, 5.74) is 1.97. The highest BCUT2D eigenvalue weighted by molar-refractivity contribution is 5.91. The minimum absolute atomic E-state index is 0.0172. The number of hydrogen-bond donors (Lipinski definition) is 1. The molecule has 0 amide bonds. The number of hydrogen-bond acceptors (Lipinski definition) is 20. The average molecular weight is 1220 g/mol. The van der Waals surface area contributed by atoms with Crippen molar-refractivity contribution in [1.29, 1.82) is 0 Å². The Kier molecular flexibility index (Phi) is 28.5. The van der Waals surface area contributed by atoms with Crippen molar-refractivity contribution < 1.29 is 96.7 Å². The van der Waals surface area contributed by atoms with E-state index >= 15 is 0 Å². The van der Waals surface area contributed by atoms with E-state index in [1.165, 1.54) is 36.4 Å². The van der Waals surface area contributed by atoms with Gasteiger partial charge in [-0.05, 0) is 217 Å². The van der Waals surface area contributed by atoms with Gasteiger partial charge in [-0.1, -0.05) is 37.4 Å². The van der Waals surface area contributed by atoms with Gasteiger partial charge in [-0.3, -0.25) is 19.6 Å². The molecule has 2 saturated carbocycles. The lowest BCUT2D eigenvalue weighted by Gasteiger charge is -2.32. The van der Waals surface area contributed by atoms with Crippen molar-refractivity contribution in [2.75, 3.05) is 39.6 Å². The molecular weight excluding hydrogens is 1140 g/mol. The highest BCUT2D eigenvalue weighted by Gasteiger charge is 2.31. The average Bonchev–Trinajstić information content (AvgIpc) is 3.71. The number of benzene rings is 5. The van der Waals surface area contributed by atoms with Crippen LogP contribution in [0.2, 0.25) is 0 Å². The first-order valence-electron chi connectivity index (χ1n) is 30.0. The minimum Gasteiger partial charge on any atom is -0.494 e. The number of aldehydes is 2. The summed E-state index contributed by atoms with van der Waals surface area (Å²) in [5, 5.41) is 9.90. The lowest BCUT2D eigenvalue weighted by atomic mass is 9.78. The van der Waals surface area contributed by atoms with Crippen LogP contribution in [0.5, 0.6) is 40.2 Å². The van der Waals surface area contributed by atoms with Crippen LogP contribution in [-0.4, -0.2) is 81.3 Å². The van der Waals surface area contributed by atoms with Gasteiger partial charge in [0.15, 0.2) is 29.8 Å². The zero-order valence-electron chi connectivity index (χ0n) is 49.5. The van der Waals surface area contributed by atoms with Gasteiger partial charge < -0.3 is 43.1 Å². The van der Waals surface area contributed by atoms with E-state index in [-0.39, 0.29) is 76.6 Å². The molecule has 5 aromatic rings. The van der Waals surface area contributed by atoms with E-state index in [9.17, 15) is 34.0 Å². The van der Waals surface area contributed by atoms with Gasteiger partial charge >= 0.3 is 23.9 Å². The maximum absolute atomic E-state index is 13.2. The molecule has 470 valence electrons. The normalized spacial score (nSPS) is 16.6. The fourth-order valence-electron chi connectivity index (χ4n) is 10.1. The maximum atomic E-state index is 13.2. The van der Waals surface area contributed by atoms with Gasteiger partial charge in [0.05, 0.1) is 62.2 Å². The second-order valence-corrected chi connectivity index (χ2v) is 21.6. The van der Waals surface area contributed by atoms with Gasteiger partial charge in [-0.15, -0.1) is 0 Å². The van der Waals surface area contributed by atoms with Crippen LogP contribution in [-0.2, 0) is 50.0 Å². The van der Waals surface area contributed by atoms with Gasteiger partial charge in [0.1, 0.15) is 35.7 Å². The topological polar surface area (TPSA) is 243 Å². The number of carbonyl (C=O) groups excluding carboxylic acids is 6. The molecule has 0 aliphatic heterocycles. The summed E-state index contributed by atoms with van der Waals surface area (Å²) in [6, 6.07) is 29.9. The molecule has 2 aliphatic carbocycles. The van der Waals surface area contributed by atoms with Gasteiger partial charge in [0.2, 0.25) is 0 Å². The summed E-state index contributed by atoms with van der Waals surface area (Å²) < 4.78 is 32.9. The number of esters is 4. The lowest BCUT2D eigenvalue weighted by molar-refractivity contribution is -0.296. The van der Waals surface area contributed by atoms with Crippen LogP contribution in [0.1, 0.15) is 151 Å². The molecule has 88 heavy (non-hydrogen) atoms. The molecule has 0 radical (unpaired) electrons. The number of ether oxygens (including phenoxy) is 6. The molecule has 0 aromatic heterocycles. The first kappa shape index (κ1) is 67.1. The van der Waals surface area contributed by atoms with E-state index in [0.717, 1.165) is 119 Å². The van der Waals surface area contributed by atoms with Crippen LogP contribution in [0, 0.1) is 23.7 Å². The summed E-state index contributed by atoms with van der Waals surface area (Å²) in [4.78, 5) is 111. The minimum atomic E-state index is -0.664. The van der Waals surface area contributed by atoms with Crippen molar-refractivity contribution >= 4 is 36.4 Å². The van der Waals surface area contributed by atoms with Crippen molar-refractivity contribution in [2.24, 2.45) is 23.7 Å². The van der Waals surface area contributed by atoms with Crippen LogP contribution < -0.4 is 33.6 Å². The van der Waals surface area contributed by atoms with Gasteiger partial charge in [-0.25, -0.2) is 19.3 Å². The van der Waals surface area contributed by atoms with E-state index in [1.807, 2.05) is 36.4 Å². The lowest BCUT2D eigenvalue weighted by Crippen LogP contribution is -2.27. The zero-order valence-corrected chi connectivity index (χ0v) is 49.5. The summed E-state index contributed by atoms with van der Waals surface area (Å²) >= 11 is 0. The standard InChI is InChI=1S/C68H78O20/c1-3-64(71)78-39-11-7-5-9-37-76-57-27-25-52(26-28-57)66(85-75)51-19-13-48(14-20-51)47-82-88-63-36-33-60(41-56(63)44-70)83-67(73)53-21-15-50(16-22-53)46-81-87-61-34-35-62(55(42-61)43-69)84-68(74)54-23-17-49(18-24-54)45-80-86-59-31-29-58(30-32-59)77-38-10-6-8-12-40-79-65(72)4-2/h3-4,15-16,21-22,25-36,41-44,48-49,51,54,66,75H,1-2,5-14,17-20,23-24,37-40,45-47H2/t48?,49?,51?,54?,66-/m0/s1. The SMILES string of the molecule is C=CC(=O)OCCCCCCOc1ccc(OOCC2CCC(C(=O)Oc3ccc(OOCc4ccc(C(=O)Oc5ccc(OOCC6CCC([C@H](OO)c7ccc(OCCCCCCOC(=O)C=C)cc7)CC6)c(C=O)c5)cc4)cc3C=O)CC2)cc1. The Morgan fingerprint density at radius 1 is 0.500 bits per heavy atom. The second-order valence-electron chi connectivity index (χ2n) is 21.6. The number of rotatable bonds is 39. The second kappa shape index (κ2) is 37.3. The Hall–Kier alpha value is -8.40. The smallest absolute Gasteiger partial charge is 0.343 e. The summed E-state index contributed by atoms with van der Waals surface area (Å²) in [6.45, 7) is 9.29. The molecule has 1 atom stereocenters. The molecule has 1 N–H and O–H groups in total. The molecule has 0 unspecified atom stereocenters. The third kappa shape index (κ3) is 22.7. The first-order chi connectivity index (χ1) is 43.0. The van der Waals surface area contributed by atoms with Crippen LogP contribution in [0.25, 0.3) is 0 Å². The van der Waals surface area contributed by atoms with Crippen molar-refractivity contribution in [3.63, 3.8) is 0 Å². The Morgan fingerprint density at radius 2 is 0.989 bits per heavy atom. The molecule has 20 nitrogen and oxygen atoms in total. The fourth-order valence-corrected chi connectivity index (χ4v) is 10.1. The highest BCUT2D eigenvalue weighted by Crippen LogP contribution is 2.40. The molecule has 2 aliphatic rings. The molecule has 0 saturated heterocycles. The summed E-state index contributed by atoms with van der Waals surface area (Å²) in [5.74, 6) is 0.805. The molecule has 0 bridgehead atoms. The predicted molar refractivity (Wildman–Crippen MR) is 320 cm³/mol. The molecule has 5 aromatic carbocycles. The largest absolute Gasteiger partial charge is 0.494 e. The van der Waals surface area contributed by atoms with Gasteiger partial charge in [-0.2, -0.15) is 14.7 Å². The molecule has 2 fully saturated rings. The predicted octanol–water partition coefficient (Wildman–Crippen LogP) is 13.4. The molecule has 0 spiro atoms. The quantitative estimate of drug-likeness (QED) is 0.00731. The first-order valence-corrected chi connectivity index (χ1v) is 30.0. The molecule has 20 heteroatoms. The van der Waals surface area contributed by atoms with Crippen molar-refractivity contribution in [3.05, 3.63) is 162 Å². The third-order valence-electron chi connectivity index (χ3n) is 15.2. The van der Waals surface area contributed by atoms with Gasteiger partial charge in [0, 0.05) is 12.2 Å². The van der Waals surface area contributed by atoms with Crippen LogP contribution in [0.15, 0.2) is 135 Å². The Morgan fingerprint density at radius 3 is 1.57 bits per heavy atom. The van der Waals surface area contributed by atoms with Crippen LogP contribution in [0.4, 0.5) is 0 Å². The summed E-state index contributed by atoms with van der Waals surface area (Å²) in [6.07, 6.45) is 15.9. The monoisotopic (exact) mass is 1210 g/mol. The van der Waals surface area contributed by atoms with Crippen molar-refractivity contribution in [2.45, 2.75) is 115 Å². The molecule has 0 heterocycles. The molecule has 7 rings (SSSR count). The maximum Gasteiger partial charge on any atom is 0.343 e. The van der Waals surface area contributed by atoms with E-state index in [2.05, 4.69) is 13.2 Å². The van der Waals surface area contributed by atoms with E-state index < -0.39 is 30.0 Å². The van der Waals surface area contributed by atoms with Crippen molar-refractivity contribution in [3.8, 4) is 40.2 Å². The van der Waals surface area contributed by atoms with E-state index in [1.54, 1.807) is 36.4 Å². The summed E-state index contributed by atoms with van der Waals surface area (Å²) in [7, 11) is 0. The van der Waals surface area contributed by atoms with E-state index in [0.29, 0.717) is 69.8 Å². The Labute approximate surface area is 512 Å². The van der Waals surface area contributed by atoms with Crippen molar-refractivity contribution in [1.82, 2.24) is 0 Å². The highest BCUT2D eigenvalue weighted by atomic mass is 17.2. The third-order valence-corrected chi connectivity index (χ3v) is 15.2.